The van der Waals surface area contributed by atoms with Crippen molar-refractivity contribution in [1.29, 1.82) is 5.26 Å². The maximum atomic E-state index is 12.0. The van der Waals surface area contributed by atoms with Gasteiger partial charge in [0.15, 0.2) is 5.11 Å². The Morgan fingerprint density at radius 2 is 1.95 bits per heavy atom. The fourth-order valence-corrected chi connectivity index (χ4v) is 2.37. The first-order chi connectivity index (χ1) is 10.6. The molecule has 0 spiro atoms. The average molecular weight is 374 g/mol. The van der Waals surface area contributed by atoms with Crippen LogP contribution in [0.2, 0.25) is 0 Å². The van der Waals surface area contributed by atoms with E-state index in [9.17, 15) is 4.79 Å². The molecule has 4 nitrogen and oxygen atoms in total. The molecule has 2 N–H and O–H groups in total. The molecule has 2 rings (SSSR count). The van der Waals surface area contributed by atoms with E-state index in [0.717, 1.165) is 15.7 Å². The van der Waals surface area contributed by atoms with Gasteiger partial charge in [-0.05, 0) is 48.1 Å². The molecule has 0 saturated carbocycles. The highest BCUT2D eigenvalue weighted by molar-refractivity contribution is 9.10. The fourth-order valence-electron chi connectivity index (χ4n) is 1.76. The molecule has 1 amide bonds. The summed E-state index contributed by atoms with van der Waals surface area (Å²) < 4.78 is 0.826. The van der Waals surface area contributed by atoms with Crippen LogP contribution in [0, 0.1) is 11.3 Å². The topological polar surface area (TPSA) is 64.9 Å². The molecule has 0 aliphatic rings. The fraction of sp³-hybridized carbons (Fsp3) is 0.0625. The predicted octanol–water partition coefficient (Wildman–Crippen LogP) is 3.64. The molecule has 0 aromatic heterocycles. The smallest absolute Gasteiger partial charge is 0.257 e. The summed E-state index contributed by atoms with van der Waals surface area (Å²) in [5.41, 5.74) is 2.20. The number of nitrogens with zero attached hydrogens (tertiary/aromatic N) is 1. The van der Waals surface area contributed by atoms with Gasteiger partial charge in [0, 0.05) is 15.7 Å². The van der Waals surface area contributed by atoms with E-state index in [1.807, 2.05) is 30.3 Å². The third-order valence-corrected chi connectivity index (χ3v) is 3.51. The minimum atomic E-state index is -0.278. The third-order valence-electron chi connectivity index (χ3n) is 2.81. The second-order valence-corrected chi connectivity index (χ2v) is 5.77. The largest absolute Gasteiger partial charge is 0.332 e. The molecule has 0 aliphatic heterocycles. The Morgan fingerprint density at radius 1 is 1.23 bits per heavy atom. The molecule has 6 heteroatoms. The van der Waals surface area contributed by atoms with Crippen LogP contribution in [0.5, 0.6) is 0 Å². The number of thiocarbonyl (C=S) groups is 1. The monoisotopic (exact) mass is 373 g/mol. The Kier molecular flexibility index (Phi) is 5.64. The molecule has 22 heavy (non-hydrogen) atoms. The molecule has 2 aromatic rings. The van der Waals surface area contributed by atoms with Crippen molar-refractivity contribution >= 4 is 44.9 Å². The van der Waals surface area contributed by atoms with E-state index in [1.165, 1.54) is 0 Å². The Labute approximate surface area is 142 Å². The molecule has 0 atom stereocenters. The number of rotatable bonds is 3. The van der Waals surface area contributed by atoms with E-state index >= 15 is 0 Å². The highest BCUT2D eigenvalue weighted by atomic mass is 79.9. The van der Waals surface area contributed by atoms with Crippen LogP contribution in [0.3, 0.4) is 0 Å². The lowest BCUT2D eigenvalue weighted by atomic mass is 10.1. The first-order valence-electron chi connectivity index (χ1n) is 6.42. The van der Waals surface area contributed by atoms with Crippen molar-refractivity contribution in [3.8, 4) is 6.07 Å². The van der Waals surface area contributed by atoms with Gasteiger partial charge in [0.2, 0.25) is 0 Å². The van der Waals surface area contributed by atoms with E-state index in [0.29, 0.717) is 12.0 Å². The van der Waals surface area contributed by atoms with E-state index < -0.39 is 0 Å². The van der Waals surface area contributed by atoms with Crippen LogP contribution in [0.25, 0.3) is 0 Å². The standard InChI is InChI=1S/C16H12BrN3OS/c17-13-3-1-2-12(10-13)15(21)20-16(22)19-14-6-4-11(5-7-14)8-9-18/h1-7,10H,8H2,(H2,19,20,21,22). The maximum absolute atomic E-state index is 12.0. The number of nitrogens with one attached hydrogen (secondary N) is 2. The van der Waals surface area contributed by atoms with Crippen LogP contribution in [0.4, 0.5) is 5.69 Å². The zero-order valence-corrected chi connectivity index (χ0v) is 13.9. The summed E-state index contributed by atoms with van der Waals surface area (Å²) in [6.45, 7) is 0. The number of benzene rings is 2. The van der Waals surface area contributed by atoms with Crippen LogP contribution in [0.1, 0.15) is 15.9 Å². The Hall–Kier alpha value is -2.23. The molecule has 0 radical (unpaired) electrons. The Bertz CT molecular complexity index is 738. The lowest BCUT2D eigenvalue weighted by Crippen LogP contribution is -2.34. The van der Waals surface area contributed by atoms with Crippen molar-refractivity contribution in [2.24, 2.45) is 0 Å². The van der Waals surface area contributed by atoms with Gasteiger partial charge in [0.1, 0.15) is 0 Å². The predicted molar refractivity (Wildman–Crippen MR) is 93.6 cm³/mol. The summed E-state index contributed by atoms with van der Waals surface area (Å²) in [4.78, 5) is 12.0. The van der Waals surface area contributed by atoms with Crippen molar-refractivity contribution < 1.29 is 4.79 Å². The summed E-state index contributed by atoms with van der Waals surface area (Å²) in [5.74, 6) is -0.278. The zero-order chi connectivity index (χ0) is 15.9. The van der Waals surface area contributed by atoms with Crippen molar-refractivity contribution in [2.75, 3.05) is 5.32 Å². The van der Waals surface area contributed by atoms with Crippen molar-refractivity contribution in [1.82, 2.24) is 5.32 Å². The van der Waals surface area contributed by atoms with Gasteiger partial charge in [-0.1, -0.05) is 34.1 Å². The molecular formula is C16H12BrN3OS. The van der Waals surface area contributed by atoms with Crippen LogP contribution in [-0.4, -0.2) is 11.0 Å². The average Bonchev–Trinajstić information content (AvgIpc) is 2.49. The first kappa shape index (κ1) is 16.1. The number of hydrogen-bond donors (Lipinski definition) is 2. The highest BCUT2D eigenvalue weighted by Gasteiger charge is 2.08. The molecule has 0 bridgehead atoms. The zero-order valence-electron chi connectivity index (χ0n) is 11.5. The molecule has 0 aliphatic carbocycles. The molecule has 0 fully saturated rings. The third kappa shape index (κ3) is 4.65. The number of amides is 1. The minimum Gasteiger partial charge on any atom is -0.332 e. The van der Waals surface area contributed by atoms with Crippen LogP contribution < -0.4 is 10.6 Å². The van der Waals surface area contributed by atoms with E-state index in [2.05, 4.69) is 32.6 Å². The van der Waals surface area contributed by atoms with Crippen molar-refractivity contribution in [2.45, 2.75) is 6.42 Å². The van der Waals surface area contributed by atoms with Crippen LogP contribution in [-0.2, 0) is 6.42 Å². The van der Waals surface area contributed by atoms with E-state index in [4.69, 9.17) is 17.5 Å². The van der Waals surface area contributed by atoms with Gasteiger partial charge >= 0.3 is 0 Å². The van der Waals surface area contributed by atoms with E-state index in [1.54, 1.807) is 18.2 Å². The van der Waals surface area contributed by atoms with Gasteiger partial charge < -0.3 is 5.32 Å². The molecule has 110 valence electrons. The summed E-state index contributed by atoms with van der Waals surface area (Å²) in [7, 11) is 0. The second-order valence-electron chi connectivity index (χ2n) is 4.45. The van der Waals surface area contributed by atoms with Crippen molar-refractivity contribution in [3.05, 3.63) is 64.1 Å². The molecule has 0 saturated heterocycles. The van der Waals surface area contributed by atoms with Gasteiger partial charge in [0.05, 0.1) is 12.5 Å². The number of anilines is 1. The summed E-state index contributed by atoms with van der Waals surface area (Å²) in [5, 5.41) is 14.4. The van der Waals surface area contributed by atoms with Gasteiger partial charge in [-0.2, -0.15) is 5.26 Å². The van der Waals surface area contributed by atoms with Gasteiger partial charge in [0.25, 0.3) is 5.91 Å². The number of carbonyl (C=O) groups excluding carboxylic acids is 1. The number of nitriles is 1. The number of halogens is 1. The second kappa shape index (κ2) is 7.69. The summed E-state index contributed by atoms with van der Waals surface area (Å²) >= 11 is 8.44. The van der Waals surface area contributed by atoms with Crippen LogP contribution in [0.15, 0.2) is 53.0 Å². The highest BCUT2D eigenvalue weighted by Crippen LogP contribution is 2.12. The summed E-state index contributed by atoms with van der Waals surface area (Å²) in [6.07, 6.45) is 0.365. The normalized spacial score (nSPS) is 9.64. The summed E-state index contributed by atoms with van der Waals surface area (Å²) in [6, 6.07) is 16.4. The SMILES string of the molecule is N#CCc1ccc(NC(=S)NC(=O)c2cccc(Br)c2)cc1. The Morgan fingerprint density at radius 3 is 2.59 bits per heavy atom. The quantitative estimate of drug-likeness (QED) is 0.806. The molecule has 0 heterocycles. The minimum absolute atomic E-state index is 0.220. The number of hydrogen-bond acceptors (Lipinski definition) is 3. The molecule has 0 unspecified atom stereocenters. The lowest BCUT2D eigenvalue weighted by Gasteiger charge is -2.10. The van der Waals surface area contributed by atoms with E-state index in [-0.39, 0.29) is 11.0 Å². The van der Waals surface area contributed by atoms with Gasteiger partial charge in [-0.15, -0.1) is 0 Å². The molecular weight excluding hydrogens is 362 g/mol. The first-order valence-corrected chi connectivity index (χ1v) is 7.62. The Balaban J connectivity index is 1.95. The van der Waals surface area contributed by atoms with Crippen molar-refractivity contribution in [3.63, 3.8) is 0 Å². The molecule has 2 aromatic carbocycles. The van der Waals surface area contributed by atoms with Gasteiger partial charge in [-0.25, -0.2) is 0 Å². The van der Waals surface area contributed by atoms with Gasteiger partial charge in [-0.3, -0.25) is 10.1 Å². The van der Waals surface area contributed by atoms with Crippen LogP contribution >= 0.6 is 28.1 Å². The number of carbonyl (C=O) groups is 1. The lowest BCUT2D eigenvalue weighted by molar-refractivity contribution is 0.0977. The maximum Gasteiger partial charge on any atom is 0.257 e.